The quantitative estimate of drug-likeness (QED) is 0.704. The number of ether oxygens (including phenoxy) is 1. The molecule has 3 aromatic rings. The Labute approximate surface area is 150 Å². The highest BCUT2D eigenvalue weighted by Crippen LogP contribution is 2.22. The third kappa shape index (κ3) is 4.66. The molecule has 26 heavy (non-hydrogen) atoms. The lowest BCUT2D eigenvalue weighted by Crippen LogP contribution is -2.23. The molecule has 0 atom stereocenters. The van der Waals surface area contributed by atoms with Crippen LogP contribution in [0, 0.1) is 5.82 Å². The third-order valence-electron chi connectivity index (χ3n) is 3.75. The summed E-state index contributed by atoms with van der Waals surface area (Å²) in [5.74, 6) is 0.872. The molecule has 0 unspecified atom stereocenters. The minimum atomic E-state index is -0.307. The average molecular weight is 355 g/mol. The fraction of sp³-hybridized carbons (Fsp3) is 0.211. The lowest BCUT2D eigenvalue weighted by Gasteiger charge is -2.03. The lowest BCUT2D eigenvalue weighted by molar-refractivity contribution is -0.121. The van der Waals surface area contributed by atoms with E-state index in [9.17, 15) is 9.18 Å². The van der Waals surface area contributed by atoms with Crippen LogP contribution in [0.5, 0.6) is 5.75 Å². The van der Waals surface area contributed by atoms with Crippen molar-refractivity contribution in [1.82, 2.24) is 15.5 Å². The van der Waals surface area contributed by atoms with E-state index in [2.05, 4.69) is 15.5 Å². The van der Waals surface area contributed by atoms with Gasteiger partial charge in [0.1, 0.15) is 11.6 Å². The first-order valence-corrected chi connectivity index (χ1v) is 8.12. The number of hydrogen-bond donors (Lipinski definition) is 1. The normalized spacial score (nSPS) is 10.5. The number of hydrogen-bond acceptors (Lipinski definition) is 5. The highest BCUT2D eigenvalue weighted by molar-refractivity contribution is 5.76. The van der Waals surface area contributed by atoms with Crippen molar-refractivity contribution in [1.29, 1.82) is 0 Å². The first kappa shape index (κ1) is 17.6. The number of nitrogens with one attached hydrogen (secondary N) is 1. The summed E-state index contributed by atoms with van der Waals surface area (Å²) >= 11 is 0. The first-order chi connectivity index (χ1) is 12.6. The summed E-state index contributed by atoms with van der Waals surface area (Å²) < 4.78 is 23.8. The summed E-state index contributed by atoms with van der Waals surface area (Å²) in [6, 6.07) is 13.5. The topological polar surface area (TPSA) is 77.3 Å². The Kier molecular flexibility index (Phi) is 5.58. The monoisotopic (exact) mass is 355 g/mol. The van der Waals surface area contributed by atoms with E-state index in [1.54, 1.807) is 25.3 Å². The molecule has 0 aliphatic rings. The smallest absolute Gasteiger partial charge is 0.247 e. The Morgan fingerprint density at radius 3 is 2.85 bits per heavy atom. The summed E-state index contributed by atoms with van der Waals surface area (Å²) in [4.78, 5) is 11.9. The summed E-state index contributed by atoms with van der Waals surface area (Å²) in [7, 11) is 1.58. The van der Waals surface area contributed by atoms with Gasteiger partial charge in [-0.3, -0.25) is 4.79 Å². The highest BCUT2D eigenvalue weighted by Gasteiger charge is 2.11. The lowest BCUT2D eigenvalue weighted by atomic mass is 10.1. The van der Waals surface area contributed by atoms with E-state index in [0.717, 1.165) is 11.1 Å². The third-order valence-corrected chi connectivity index (χ3v) is 3.75. The van der Waals surface area contributed by atoms with Crippen molar-refractivity contribution in [2.24, 2.45) is 0 Å². The van der Waals surface area contributed by atoms with E-state index >= 15 is 0 Å². The molecule has 0 bridgehead atoms. The van der Waals surface area contributed by atoms with E-state index in [1.807, 2.05) is 18.2 Å². The van der Waals surface area contributed by atoms with E-state index in [1.165, 1.54) is 12.1 Å². The molecule has 0 fully saturated rings. The SMILES string of the molecule is COc1cccc(-c2nnc(CNC(=O)CCc3cccc(F)c3)o2)c1. The summed E-state index contributed by atoms with van der Waals surface area (Å²) in [5.41, 5.74) is 1.51. The molecule has 0 saturated heterocycles. The van der Waals surface area contributed by atoms with Crippen LogP contribution in [-0.2, 0) is 17.8 Å². The minimum absolute atomic E-state index is 0.138. The molecule has 0 aliphatic heterocycles. The highest BCUT2D eigenvalue weighted by atomic mass is 19.1. The van der Waals surface area contributed by atoms with Crippen LogP contribution < -0.4 is 10.1 Å². The average Bonchev–Trinajstić information content (AvgIpc) is 3.14. The fourth-order valence-electron chi connectivity index (χ4n) is 2.41. The molecule has 1 heterocycles. The Morgan fingerprint density at radius 2 is 2.04 bits per heavy atom. The maximum absolute atomic E-state index is 13.1. The second-order valence-corrected chi connectivity index (χ2v) is 5.64. The van der Waals surface area contributed by atoms with Crippen LogP contribution in [0.15, 0.2) is 52.9 Å². The molecule has 1 N–H and O–H groups in total. The van der Waals surface area contributed by atoms with Crippen molar-refractivity contribution >= 4 is 5.91 Å². The molecule has 1 aromatic heterocycles. The van der Waals surface area contributed by atoms with E-state index in [4.69, 9.17) is 9.15 Å². The summed E-state index contributed by atoms with van der Waals surface area (Å²) in [5, 5.41) is 10.6. The van der Waals surface area contributed by atoms with Crippen LogP contribution in [0.4, 0.5) is 4.39 Å². The molecule has 3 rings (SSSR count). The standard InChI is InChI=1S/C19H18FN3O3/c1-25-16-7-3-5-14(11-16)19-23-22-18(26-19)12-21-17(24)9-8-13-4-2-6-15(20)10-13/h2-7,10-11H,8-9,12H2,1H3,(H,21,24). The zero-order valence-corrected chi connectivity index (χ0v) is 14.2. The number of nitrogens with zero attached hydrogens (tertiary/aromatic N) is 2. The Morgan fingerprint density at radius 1 is 1.19 bits per heavy atom. The van der Waals surface area contributed by atoms with Gasteiger partial charge in [0, 0.05) is 12.0 Å². The van der Waals surface area contributed by atoms with Gasteiger partial charge >= 0.3 is 0 Å². The molecule has 0 spiro atoms. The minimum Gasteiger partial charge on any atom is -0.497 e. The first-order valence-electron chi connectivity index (χ1n) is 8.12. The molecule has 6 nitrogen and oxygen atoms in total. The van der Waals surface area contributed by atoms with Gasteiger partial charge in [-0.2, -0.15) is 0 Å². The van der Waals surface area contributed by atoms with Gasteiger partial charge in [-0.15, -0.1) is 10.2 Å². The molecular formula is C19H18FN3O3. The second kappa shape index (κ2) is 8.24. The van der Waals surface area contributed by atoms with Crippen LogP contribution >= 0.6 is 0 Å². The molecule has 0 aliphatic carbocycles. The van der Waals surface area contributed by atoms with Crippen LogP contribution in [0.2, 0.25) is 0 Å². The van der Waals surface area contributed by atoms with Crippen molar-refractivity contribution in [3.05, 3.63) is 65.8 Å². The molecule has 1 amide bonds. The summed E-state index contributed by atoms with van der Waals surface area (Å²) in [6.45, 7) is 0.138. The van der Waals surface area contributed by atoms with Crippen molar-refractivity contribution in [3.8, 4) is 17.2 Å². The summed E-state index contributed by atoms with van der Waals surface area (Å²) in [6.07, 6.45) is 0.711. The van der Waals surface area contributed by atoms with Crippen LogP contribution in [0.25, 0.3) is 11.5 Å². The van der Waals surface area contributed by atoms with Crippen molar-refractivity contribution in [2.75, 3.05) is 7.11 Å². The van der Waals surface area contributed by atoms with Gasteiger partial charge in [-0.05, 0) is 42.3 Å². The number of rotatable bonds is 7. The molecule has 2 aromatic carbocycles. The second-order valence-electron chi connectivity index (χ2n) is 5.64. The van der Waals surface area contributed by atoms with Gasteiger partial charge in [0.2, 0.25) is 17.7 Å². The van der Waals surface area contributed by atoms with Gasteiger partial charge in [-0.25, -0.2) is 4.39 Å². The zero-order valence-electron chi connectivity index (χ0n) is 14.2. The number of carbonyl (C=O) groups is 1. The number of amides is 1. The van der Waals surface area contributed by atoms with Crippen LogP contribution in [0.3, 0.4) is 0 Å². The molecule has 0 saturated carbocycles. The zero-order chi connectivity index (χ0) is 18.4. The molecular weight excluding hydrogens is 337 g/mol. The largest absolute Gasteiger partial charge is 0.497 e. The maximum atomic E-state index is 13.1. The molecule has 7 heteroatoms. The Balaban J connectivity index is 1.52. The fourth-order valence-corrected chi connectivity index (χ4v) is 2.41. The van der Waals surface area contributed by atoms with Gasteiger partial charge in [0.15, 0.2) is 0 Å². The van der Waals surface area contributed by atoms with Crippen LogP contribution in [-0.4, -0.2) is 23.2 Å². The van der Waals surface area contributed by atoms with Gasteiger partial charge < -0.3 is 14.5 Å². The van der Waals surface area contributed by atoms with E-state index in [0.29, 0.717) is 24.0 Å². The predicted molar refractivity (Wildman–Crippen MR) is 92.9 cm³/mol. The van der Waals surface area contributed by atoms with Gasteiger partial charge in [0.05, 0.1) is 13.7 Å². The number of halogens is 1. The number of aromatic nitrogens is 2. The number of carbonyl (C=O) groups excluding carboxylic acids is 1. The van der Waals surface area contributed by atoms with E-state index in [-0.39, 0.29) is 24.7 Å². The van der Waals surface area contributed by atoms with Gasteiger partial charge in [0.25, 0.3) is 0 Å². The van der Waals surface area contributed by atoms with Gasteiger partial charge in [-0.1, -0.05) is 18.2 Å². The van der Waals surface area contributed by atoms with E-state index < -0.39 is 0 Å². The number of benzene rings is 2. The Bertz CT molecular complexity index is 895. The van der Waals surface area contributed by atoms with Crippen molar-refractivity contribution < 1.29 is 18.3 Å². The Hall–Kier alpha value is -3.22. The van der Waals surface area contributed by atoms with Crippen LogP contribution in [0.1, 0.15) is 17.9 Å². The molecule has 0 radical (unpaired) electrons. The maximum Gasteiger partial charge on any atom is 0.247 e. The predicted octanol–water partition coefficient (Wildman–Crippen LogP) is 3.13. The number of aryl methyl sites for hydroxylation is 1. The molecule has 134 valence electrons. The van der Waals surface area contributed by atoms with Crippen molar-refractivity contribution in [3.63, 3.8) is 0 Å². The van der Waals surface area contributed by atoms with Crippen molar-refractivity contribution in [2.45, 2.75) is 19.4 Å². The number of methoxy groups -OCH3 is 1.